The van der Waals surface area contributed by atoms with E-state index >= 15 is 0 Å². The molecule has 0 saturated carbocycles. The van der Waals surface area contributed by atoms with Crippen LogP contribution in [0.4, 0.5) is 5.69 Å². The number of benzene rings is 2. The van der Waals surface area contributed by atoms with Gasteiger partial charge in [0.2, 0.25) is 0 Å². The van der Waals surface area contributed by atoms with Gasteiger partial charge in [-0.25, -0.2) is 0 Å². The van der Waals surface area contributed by atoms with Crippen LogP contribution < -0.4 is 5.73 Å². The van der Waals surface area contributed by atoms with Crippen LogP contribution in [0.15, 0.2) is 65.4 Å². The number of nitrogens with zero attached hydrogens (tertiary/aromatic N) is 2. The Morgan fingerprint density at radius 3 is 1.88 bits per heavy atom. The van der Waals surface area contributed by atoms with E-state index in [1.807, 2.05) is 12.1 Å². The average molecular weight is 367 g/mol. The highest BCUT2D eigenvalue weighted by Gasteiger charge is 2.11. The molecule has 0 aliphatic rings. The number of nitro benzene ring substituents is 1. The molecule has 2 aromatic carbocycles. The van der Waals surface area contributed by atoms with Gasteiger partial charge in [0.25, 0.3) is 5.69 Å². The summed E-state index contributed by atoms with van der Waals surface area (Å²) < 4.78 is 0. The summed E-state index contributed by atoms with van der Waals surface area (Å²) >= 11 is 1.69. The van der Waals surface area contributed by atoms with Gasteiger partial charge in [0.05, 0.1) is 4.92 Å². The lowest BCUT2D eigenvalue weighted by molar-refractivity contribution is -0.384. The van der Waals surface area contributed by atoms with Crippen molar-refractivity contribution in [2.75, 3.05) is 0 Å². The van der Waals surface area contributed by atoms with Gasteiger partial charge in [-0.05, 0) is 39.1 Å². The molecule has 0 saturated heterocycles. The van der Waals surface area contributed by atoms with E-state index in [-0.39, 0.29) is 10.6 Å². The summed E-state index contributed by atoms with van der Waals surface area (Å²) in [6.45, 7) is 2.91. The van der Waals surface area contributed by atoms with E-state index in [2.05, 4.69) is 46.0 Å². The fourth-order valence-electron chi connectivity index (χ4n) is 2.83. The molecular weight excluding hydrogens is 346 g/mol. The van der Waals surface area contributed by atoms with Crippen LogP contribution in [0.3, 0.4) is 0 Å². The maximum atomic E-state index is 10.8. The standard InChI is InChI=1S/C20H21N3O2S/c21-11-16-1-3-17(4-2-16)12-22(14-19-9-10-26-15-19)13-18-5-7-20(8-6-18)23(24)25/h1-10,15H,11-14,21H2. The van der Waals surface area contributed by atoms with Crippen molar-refractivity contribution in [1.82, 2.24) is 4.90 Å². The van der Waals surface area contributed by atoms with E-state index in [1.165, 1.54) is 11.1 Å². The van der Waals surface area contributed by atoms with Crippen molar-refractivity contribution in [3.8, 4) is 0 Å². The summed E-state index contributed by atoms with van der Waals surface area (Å²) in [6.07, 6.45) is 0. The summed E-state index contributed by atoms with van der Waals surface area (Å²) in [7, 11) is 0. The molecule has 0 spiro atoms. The summed E-state index contributed by atoms with van der Waals surface area (Å²) in [5.74, 6) is 0. The fraction of sp³-hybridized carbons (Fsp3) is 0.200. The van der Waals surface area contributed by atoms with E-state index < -0.39 is 0 Å². The summed E-state index contributed by atoms with van der Waals surface area (Å²) in [5, 5.41) is 15.1. The van der Waals surface area contributed by atoms with Crippen molar-refractivity contribution in [3.63, 3.8) is 0 Å². The van der Waals surface area contributed by atoms with Gasteiger partial charge in [0.15, 0.2) is 0 Å². The highest BCUT2D eigenvalue weighted by Crippen LogP contribution is 2.18. The predicted octanol–water partition coefficient (Wildman–Crippen LogP) is 4.32. The van der Waals surface area contributed by atoms with Crippen molar-refractivity contribution in [2.45, 2.75) is 26.2 Å². The summed E-state index contributed by atoms with van der Waals surface area (Å²) in [4.78, 5) is 12.8. The van der Waals surface area contributed by atoms with Gasteiger partial charge in [-0.15, -0.1) is 0 Å². The molecule has 0 bridgehead atoms. The maximum absolute atomic E-state index is 10.8. The Balaban J connectivity index is 1.74. The van der Waals surface area contributed by atoms with Gasteiger partial charge in [0.1, 0.15) is 0 Å². The topological polar surface area (TPSA) is 72.4 Å². The molecule has 1 aromatic heterocycles. The van der Waals surface area contributed by atoms with Crippen LogP contribution in [0.1, 0.15) is 22.3 Å². The minimum atomic E-state index is -0.369. The molecule has 26 heavy (non-hydrogen) atoms. The van der Waals surface area contributed by atoms with Crippen LogP contribution in [-0.4, -0.2) is 9.82 Å². The fourth-order valence-corrected chi connectivity index (χ4v) is 3.49. The molecule has 0 atom stereocenters. The Morgan fingerprint density at radius 1 is 0.846 bits per heavy atom. The quantitative estimate of drug-likeness (QED) is 0.475. The van der Waals surface area contributed by atoms with Gasteiger partial charge in [0, 0.05) is 38.3 Å². The molecule has 134 valence electrons. The SMILES string of the molecule is NCc1ccc(CN(Cc2ccc([N+](=O)[O-])cc2)Cc2ccsc2)cc1. The molecule has 0 aliphatic heterocycles. The van der Waals surface area contributed by atoms with Crippen LogP contribution in [0, 0.1) is 10.1 Å². The molecule has 3 aromatic rings. The first kappa shape index (κ1) is 18.3. The Morgan fingerprint density at radius 2 is 1.38 bits per heavy atom. The number of thiophene rings is 1. The second-order valence-electron chi connectivity index (χ2n) is 6.22. The third-order valence-electron chi connectivity index (χ3n) is 4.20. The Hall–Kier alpha value is -2.54. The molecule has 0 radical (unpaired) electrons. The van der Waals surface area contributed by atoms with E-state index in [0.29, 0.717) is 6.54 Å². The summed E-state index contributed by atoms with van der Waals surface area (Å²) in [6, 6.07) is 17.3. The van der Waals surface area contributed by atoms with Crippen molar-refractivity contribution in [1.29, 1.82) is 0 Å². The second kappa shape index (κ2) is 8.71. The third kappa shape index (κ3) is 4.98. The predicted molar refractivity (Wildman–Crippen MR) is 105 cm³/mol. The molecule has 1 heterocycles. The number of non-ortho nitro benzene ring substituents is 1. The van der Waals surface area contributed by atoms with Gasteiger partial charge >= 0.3 is 0 Å². The zero-order chi connectivity index (χ0) is 18.4. The second-order valence-corrected chi connectivity index (χ2v) is 7.00. The number of hydrogen-bond donors (Lipinski definition) is 1. The molecule has 5 nitrogen and oxygen atoms in total. The molecule has 2 N–H and O–H groups in total. The first-order valence-electron chi connectivity index (χ1n) is 8.38. The zero-order valence-corrected chi connectivity index (χ0v) is 15.2. The van der Waals surface area contributed by atoms with Crippen molar-refractivity contribution in [2.24, 2.45) is 5.73 Å². The molecule has 3 rings (SSSR count). The largest absolute Gasteiger partial charge is 0.326 e. The van der Waals surface area contributed by atoms with Crippen LogP contribution >= 0.6 is 11.3 Å². The highest BCUT2D eigenvalue weighted by molar-refractivity contribution is 7.07. The van der Waals surface area contributed by atoms with Crippen LogP contribution in [-0.2, 0) is 26.2 Å². The number of rotatable bonds is 8. The number of nitro groups is 1. The lowest BCUT2D eigenvalue weighted by atomic mass is 10.1. The molecule has 0 aliphatic carbocycles. The van der Waals surface area contributed by atoms with Crippen LogP contribution in [0.25, 0.3) is 0 Å². The first-order valence-corrected chi connectivity index (χ1v) is 9.33. The Kier molecular flexibility index (Phi) is 6.12. The van der Waals surface area contributed by atoms with Crippen molar-refractivity contribution >= 4 is 17.0 Å². The zero-order valence-electron chi connectivity index (χ0n) is 14.4. The molecular formula is C20H21N3O2S. The van der Waals surface area contributed by atoms with Gasteiger partial charge in [-0.3, -0.25) is 15.0 Å². The Bertz CT molecular complexity index is 831. The molecule has 0 fully saturated rings. The number of hydrogen-bond acceptors (Lipinski definition) is 5. The first-order chi connectivity index (χ1) is 12.6. The van der Waals surface area contributed by atoms with Gasteiger partial charge in [-0.2, -0.15) is 11.3 Å². The molecule has 6 heteroatoms. The van der Waals surface area contributed by atoms with Gasteiger partial charge in [-0.1, -0.05) is 36.4 Å². The normalized spacial score (nSPS) is 11.0. The van der Waals surface area contributed by atoms with Gasteiger partial charge < -0.3 is 5.73 Å². The summed E-state index contributed by atoms with van der Waals surface area (Å²) in [5.41, 5.74) is 10.5. The smallest absolute Gasteiger partial charge is 0.269 e. The van der Waals surface area contributed by atoms with Crippen LogP contribution in [0.5, 0.6) is 0 Å². The van der Waals surface area contributed by atoms with Crippen molar-refractivity contribution in [3.05, 3.63) is 97.7 Å². The van der Waals surface area contributed by atoms with Crippen LogP contribution in [0.2, 0.25) is 0 Å². The maximum Gasteiger partial charge on any atom is 0.269 e. The van der Waals surface area contributed by atoms with Crippen molar-refractivity contribution < 1.29 is 4.92 Å². The Labute approximate surface area is 156 Å². The molecule has 0 unspecified atom stereocenters. The number of nitrogens with two attached hydrogens (primary N) is 1. The van der Waals surface area contributed by atoms with E-state index in [4.69, 9.17) is 5.73 Å². The highest BCUT2D eigenvalue weighted by atomic mass is 32.1. The molecule has 0 amide bonds. The van der Waals surface area contributed by atoms with E-state index in [1.54, 1.807) is 23.5 Å². The minimum Gasteiger partial charge on any atom is -0.326 e. The minimum absolute atomic E-state index is 0.121. The third-order valence-corrected chi connectivity index (χ3v) is 4.94. The monoisotopic (exact) mass is 367 g/mol. The lowest BCUT2D eigenvalue weighted by Crippen LogP contribution is -2.22. The average Bonchev–Trinajstić information content (AvgIpc) is 3.16. The van der Waals surface area contributed by atoms with E-state index in [0.717, 1.165) is 30.8 Å². The lowest BCUT2D eigenvalue weighted by Gasteiger charge is -2.22. The van der Waals surface area contributed by atoms with E-state index in [9.17, 15) is 10.1 Å².